The van der Waals surface area contributed by atoms with Gasteiger partial charge in [-0.15, -0.1) is 0 Å². The molecule has 1 aromatic rings. The van der Waals surface area contributed by atoms with Crippen LogP contribution in [0, 0.1) is 0 Å². The molecule has 104 valence electrons. The highest BCUT2D eigenvalue weighted by Gasteiger charge is 2.22. The summed E-state index contributed by atoms with van der Waals surface area (Å²) in [6.07, 6.45) is 10.00. The van der Waals surface area contributed by atoms with Crippen molar-refractivity contribution in [1.29, 1.82) is 0 Å². The average Bonchev–Trinajstić information content (AvgIpc) is 2.43. The highest BCUT2D eigenvalue weighted by atomic mass is 16.1. The third-order valence-corrected chi connectivity index (χ3v) is 3.97. The smallest absolute Gasteiger partial charge is 0.251 e. The van der Waals surface area contributed by atoms with Crippen molar-refractivity contribution in [3.8, 4) is 0 Å². The summed E-state index contributed by atoms with van der Waals surface area (Å²) in [5.41, 5.74) is 2.07. The molecule has 0 aromatic heterocycles. The summed E-state index contributed by atoms with van der Waals surface area (Å²) in [5.74, 6) is 0.109. The molecule has 0 radical (unpaired) electrons. The van der Waals surface area contributed by atoms with Crippen LogP contribution in [0.25, 0.3) is 0 Å². The molecule has 1 aliphatic rings. The number of amides is 1. The quantitative estimate of drug-likeness (QED) is 0.734. The second-order valence-electron chi connectivity index (χ2n) is 5.59. The number of rotatable bonds is 7. The molecular weight excluding hydrogens is 234 g/mol. The van der Waals surface area contributed by atoms with Gasteiger partial charge in [-0.2, -0.15) is 0 Å². The highest BCUT2D eigenvalue weighted by Crippen LogP contribution is 2.19. The van der Waals surface area contributed by atoms with E-state index in [0.29, 0.717) is 6.04 Å². The second-order valence-corrected chi connectivity index (χ2v) is 5.59. The third-order valence-electron chi connectivity index (χ3n) is 3.97. The lowest BCUT2D eigenvalue weighted by molar-refractivity contribution is 0.0922. The third kappa shape index (κ3) is 4.09. The molecule has 2 nitrogen and oxygen atoms in total. The fraction of sp³-hybridized carbons (Fsp3) is 0.588. The van der Waals surface area contributed by atoms with Crippen LogP contribution >= 0.6 is 0 Å². The lowest BCUT2D eigenvalue weighted by Crippen LogP contribution is -2.41. The van der Waals surface area contributed by atoms with E-state index in [2.05, 4.69) is 18.3 Å². The van der Waals surface area contributed by atoms with Gasteiger partial charge in [0.25, 0.3) is 5.91 Å². The summed E-state index contributed by atoms with van der Waals surface area (Å²) < 4.78 is 0. The number of unbranched alkanes of at least 4 members (excludes halogenated alkanes) is 5. The van der Waals surface area contributed by atoms with Gasteiger partial charge in [0, 0.05) is 11.6 Å². The van der Waals surface area contributed by atoms with Crippen LogP contribution in [0.1, 0.15) is 67.8 Å². The molecule has 0 saturated heterocycles. The number of hydrogen-bond donors (Lipinski definition) is 1. The minimum Gasteiger partial charge on any atom is -0.349 e. The maximum Gasteiger partial charge on any atom is 0.251 e. The van der Waals surface area contributed by atoms with Crippen molar-refractivity contribution < 1.29 is 4.79 Å². The standard InChI is InChI=1S/C17H25NO/c1-2-3-4-5-6-7-11-15-13-14-10-8-9-12-16(14)17(19)18-15/h8-10,12,15H,2-7,11,13H2,1H3,(H,18,19). The topological polar surface area (TPSA) is 29.1 Å². The number of carbonyl (C=O) groups is 1. The maximum atomic E-state index is 12.0. The monoisotopic (exact) mass is 259 g/mol. The molecule has 2 heteroatoms. The lowest BCUT2D eigenvalue weighted by Gasteiger charge is -2.25. The number of fused-ring (bicyclic) bond motifs is 1. The summed E-state index contributed by atoms with van der Waals surface area (Å²) >= 11 is 0. The Morgan fingerprint density at radius 1 is 1.11 bits per heavy atom. The van der Waals surface area contributed by atoms with Gasteiger partial charge in [0.15, 0.2) is 0 Å². The largest absolute Gasteiger partial charge is 0.349 e. The zero-order valence-electron chi connectivity index (χ0n) is 12.0. The van der Waals surface area contributed by atoms with Gasteiger partial charge in [-0.25, -0.2) is 0 Å². The Balaban J connectivity index is 1.74. The van der Waals surface area contributed by atoms with Gasteiger partial charge in [0.2, 0.25) is 0 Å². The molecule has 0 fully saturated rings. The van der Waals surface area contributed by atoms with Gasteiger partial charge in [0.05, 0.1) is 0 Å². The van der Waals surface area contributed by atoms with Gasteiger partial charge in [-0.3, -0.25) is 4.79 Å². The SMILES string of the molecule is CCCCCCCCC1Cc2ccccc2C(=O)N1. The van der Waals surface area contributed by atoms with E-state index in [9.17, 15) is 4.79 Å². The van der Waals surface area contributed by atoms with Crippen molar-refractivity contribution in [2.45, 2.75) is 64.3 Å². The van der Waals surface area contributed by atoms with E-state index in [0.717, 1.165) is 18.4 Å². The van der Waals surface area contributed by atoms with Crippen molar-refractivity contribution in [2.24, 2.45) is 0 Å². The van der Waals surface area contributed by atoms with Crippen molar-refractivity contribution in [3.63, 3.8) is 0 Å². The zero-order valence-corrected chi connectivity index (χ0v) is 12.0. The number of carbonyl (C=O) groups excluding carboxylic acids is 1. The fourth-order valence-corrected chi connectivity index (χ4v) is 2.84. The molecule has 1 N–H and O–H groups in total. The van der Waals surface area contributed by atoms with Crippen LogP contribution in [-0.4, -0.2) is 11.9 Å². The van der Waals surface area contributed by atoms with Crippen LogP contribution in [0.15, 0.2) is 24.3 Å². The molecule has 0 saturated carbocycles. The van der Waals surface area contributed by atoms with Crippen LogP contribution in [0.4, 0.5) is 0 Å². The molecule has 19 heavy (non-hydrogen) atoms. The maximum absolute atomic E-state index is 12.0. The van der Waals surface area contributed by atoms with E-state index in [1.165, 1.54) is 44.1 Å². The van der Waals surface area contributed by atoms with Crippen molar-refractivity contribution in [2.75, 3.05) is 0 Å². The van der Waals surface area contributed by atoms with Gasteiger partial charge in [-0.05, 0) is 24.5 Å². The summed E-state index contributed by atoms with van der Waals surface area (Å²) in [4.78, 5) is 12.0. The van der Waals surface area contributed by atoms with Gasteiger partial charge in [0.1, 0.15) is 0 Å². The predicted molar refractivity (Wildman–Crippen MR) is 79.4 cm³/mol. The van der Waals surface area contributed by atoms with E-state index >= 15 is 0 Å². The Labute approximate surface area is 116 Å². The van der Waals surface area contributed by atoms with Gasteiger partial charge in [-0.1, -0.05) is 63.6 Å². The Kier molecular flexibility index (Phi) is 5.44. The first-order chi connectivity index (χ1) is 9.31. The second kappa shape index (κ2) is 7.32. The van der Waals surface area contributed by atoms with Gasteiger partial charge < -0.3 is 5.32 Å². The first-order valence-electron chi connectivity index (χ1n) is 7.70. The molecule has 1 heterocycles. The predicted octanol–water partition coefficient (Wildman–Crippen LogP) is 4.09. The van der Waals surface area contributed by atoms with Crippen LogP contribution in [0.2, 0.25) is 0 Å². The summed E-state index contributed by atoms with van der Waals surface area (Å²) in [5, 5.41) is 3.14. The number of nitrogens with one attached hydrogen (secondary N) is 1. The van der Waals surface area contributed by atoms with E-state index in [1.807, 2.05) is 18.2 Å². The minimum absolute atomic E-state index is 0.109. The molecule has 1 atom stereocenters. The molecule has 1 amide bonds. The normalized spacial score (nSPS) is 17.9. The Morgan fingerprint density at radius 2 is 1.84 bits per heavy atom. The Bertz CT molecular complexity index is 413. The molecule has 0 spiro atoms. The minimum atomic E-state index is 0.109. The van der Waals surface area contributed by atoms with Crippen molar-refractivity contribution in [3.05, 3.63) is 35.4 Å². The molecule has 2 rings (SSSR count). The van der Waals surface area contributed by atoms with Crippen LogP contribution in [0.5, 0.6) is 0 Å². The molecule has 0 aliphatic carbocycles. The average molecular weight is 259 g/mol. The van der Waals surface area contributed by atoms with E-state index in [1.54, 1.807) is 0 Å². The molecule has 1 aliphatic heterocycles. The van der Waals surface area contributed by atoms with E-state index in [-0.39, 0.29) is 5.91 Å². The number of benzene rings is 1. The van der Waals surface area contributed by atoms with Crippen molar-refractivity contribution in [1.82, 2.24) is 5.32 Å². The van der Waals surface area contributed by atoms with Crippen molar-refractivity contribution >= 4 is 5.91 Å². The van der Waals surface area contributed by atoms with Crippen LogP contribution in [-0.2, 0) is 6.42 Å². The molecule has 1 aromatic carbocycles. The number of hydrogen-bond acceptors (Lipinski definition) is 1. The summed E-state index contributed by atoms with van der Waals surface area (Å²) in [6, 6.07) is 8.31. The van der Waals surface area contributed by atoms with Gasteiger partial charge >= 0.3 is 0 Å². The zero-order chi connectivity index (χ0) is 13.5. The lowest BCUT2D eigenvalue weighted by atomic mass is 9.92. The molecular formula is C17H25NO. The molecule has 1 unspecified atom stereocenters. The first-order valence-corrected chi connectivity index (χ1v) is 7.70. The highest BCUT2D eigenvalue weighted by molar-refractivity contribution is 5.96. The first kappa shape index (κ1) is 14.1. The van der Waals surface area contributed by atoms with Crippen LogP contribution < -0.4 is 5.32 Å². The van der Waals surface area contributed by atoms with Crippen LogP contribution in [0.3, 0.4) is 0 Å². The summed E-state index contributed by atoms with van der Waals surface area (Å²) in [7, 11) is 0. The summed E-state index contributed by atoms with van der Waals surface area (Å²) in [6.45, 7) is 2.25. The Morgan fingerprint density at radius 3 is 2.68 bits per heavy atom. The van der Waals surface area contributed by atoms with E-state index < -0.39 is 0 Å². The fourth-order valence-electron chi connectivity index (χ4n) is 2.84. The van der Waals surface area contributed by atoms with E-state index in [4.69, 9.17) is 0 Å². The molecule has 0 bridgehead atoms. The Hall–Kier alpha value is -1.31.